The van der Waals surface area contributed by atoms with Gasteiger partial charge < -0.3 is 25.3 Å². The molecule has 9 heteroatoms. The van der Waals surface area contributed by atoms with E-state index in [2.05, 4.69) is 17.6 Å². The summed E-state index contributed by atoms with van der Waals surface area (Å²) >= 11 is 0. The van der Waals surface area contributed by atoms with E-state index in [0.717, 1.165) is 40.9 Å². The summed E-state index contributed by atoms with van der Waals surface area (Å²) in [5.41, 5.74) is 5.18. The summed E-state index contributed by atoms with van der Waals surface area (Å²) in [7, 11) is 0. The third-order valence-corrected chi connectivity index (χ3v) is 8.30. The number of likely N-dealkylation sites (tertiary alicyclic amines) is 1. The number of hydrogen-bond acceptors (Lipinski definition) is 4. The molecule has 42 heavy (non-hydrogen) atoms. The number of nitrogens with one attached hydrogen (secondary N) is 2. The van der Waals surface area contributed by atoms with Gasteiger partial charge in [0.25, 0.3) is 5.91 Å². The fraction of sp³-hybridized carbons (Fsp3) is 0.333. The molecule has 0 saturated carbocycles. The van der Waals surface area contributed by atoms with E-state index in [1.165, 1.54) is 0 Å². The zero-order valence-electron chi connectivity index (χ0n) is 23.8. The van der Waals surface area contributed by atoms with Crippen molar-refractivity contribution in [2.75, 3.05) is 29.9 Å². The molecule has 1 saturated heterocycles. The number of amides is 5. The van der Waals surface area contributed by atoms with Crippen molar-refractivity contribution in [1.29, 1.82) is 0 Å². The molecule has 0 radical (unpaired) electrons. The van der Waals surface area contributed by atoms with Gasteiger partial charge in [0.05, 0.1) is 11.4 Å². The predicted molar refractivity (Wildman–Crippen MR) is 164 cm³/mol. The van der Waals surface area contributed by atoms with Crippen LogP contribution in [0, 0.1) is 0 Å². The zero-order chi connectivity index (χ0) is 29.1. The summed E-state index contributed by atoms with van der Waals surface area (Å²) in [6.45, 7) is 4.16. The molecule has 0 aromatic heterocycles. The molecule has 3 aromatic carbocycles. The van der Waals surface area contributed by atoms with Crippen LogP contribution in [-0.4, -0.2) is 65.3 Å². The highest BCUT2D eigenvalue weighted by atomic mass is 16.2. The number of anilines is 2. The Morgan fingerprint density at radius 1 is 0.952 bits per heavy atom. The lowest BCUT2D eigenvalue weighted by atomic mass is 10.00. The van der Waals surface area contributed by atoms with Crippen LogP contribution in [-0.2, 0) is 11.3 Å². The van der Waals surface area contributed by atoms with Gasteiger partial charge in [-0.2, -0.15) is 0 Å². The fourth-order valence-corrected chi connectivity index (χ4v) is 6.00. The number of aliphatic imine (C=N–C) groups is 1. The highest BCUT2D eigenvalue weighted by Gasteiger charge is 2.36. The first-order valence-electron chi connectivity index (χ1n) is 14.8. The Hall–Kier alpha value is -4.66. The molecule has 1 atom stereocenters. The largest absolute Gasteiger partial charge is 0.325 e. The van der Waals surface area contributed by atoms with E-state index in [-0.39, 0.29) is 24.0 Å². The lowest BCUT2D eigenvalue weighted by Gasteiger charge is -2.40. The lowest BCUT2D eigenvalue weighted by molar-refractivity contribution is -0.120. The number of urea groups is 2. The first-order valence-corrected chi connectivity index (χ1v) is 14.8. The Labute approximate surface area is 246 Å². The number of nitrogens with zero attached hydrogens (tertiary/aromatic N) is 4. The van der Waals surface area contributed by atoms with Gasteiger partial charge in [-0.1, -0.05) is 80.1 Å². The van der Waals surface area contributed by atoms with Gasteiger partial charge in [0.15, 0.2) is 0 Å². The highest BCUT2D eigenvalue weighted by Crippen LogP contribution is 2.30. The molecule has 0 bridgehead atoms. The van der Waals surface area contributed by atoms with Crippen LogP contribution >= 0.6 is 0 Å². The molecule has 0 aliphatic carbocycles. The van der Waals surface area contributed by atoms with Crippen LogP contribution in [0.3, 0.4) is 0 Å². The molecular formula is C33H36N6O3. The second kappa shape index (κ2) is 12.1. The average molecular weight is 565 g/mol. The Morgan fingerprint density at radius 3 is 2.45 bits per heavy atom. The smallest absolute Gasteiger partial charge is 0.322 e. The van der Waals surface area contributed by atoms with Crippen LogP contribution < -0.4 is 15.5 Å². The molecule has 2 N–H and O–H groups in total. The zero-order valence-corrected chi connectivity index (χ0v) is 23.8. The standard InChI is InChI=1S/C33H36N6O3/c1-2-3-19-38-28-16-10-8-14-26(28)29(23-11-5-4-6-12-23)35-30(31(38)40)36-32(41)37-20-17-25(18-21-37)39-22-24-13-7-9-15-27(24)34-33(39)42/h4-16,25,30H,2-3,17-22H2,1H3,(H,34,42)(H,36,41). The second-order valence-corrected chi connectivity index (χ2v) is 11.0. The second-order valence-electron chi connectivity index (χ2n) is 11.0. The molecule has 0 spiro atoms. The Bertz CT molecular complexity index is 1500. The number of para-hydroxylation sites is 2. The Morgan fingerprint density at radius 2 is 1.67 bits per heavy atom. The molecule has 1 unspecified atom stereocenters. The number of carbonyl (C=O) groups is 3. The maximum absolute atomic E-state index is 13.9. The van der Waals surface area contributed by atoms with E-state index in [0.29, 0.717) is 44.7 Å². The van der Waals surface area contributed by atoms with E-state index in [1.807, 2.05) is 83.8 Å². The number of benzene rings is 3. The van der Waals surface area contributed by atoms with Crippen molar-refractivity contribution in [3.8, 4) is 0 Å². The van der Waals surface area contributed by atoms with E-state index in [4.69, 9.17) is 4.99 Å². The molecule has 3 heterocycles. The first-order chi connectivity index (χ1) is 20.5. The van der Waals surface area contributed by atoms with Crippen LogP contribution in [0.4, 0.5) is 21.0 Å². The Kier molecular flexibility index (Phi) is 7.90. The number of rotatable bonds is 6. The van der Waals surface area contributed by atoms with E-state index in [9.17, 15) is 14.4 Å². The molecule has 6 rings (SSSR count). The molecular weight excluding hydrogens is 528 g/mol. The van der Waals surface area contributed by atoms with Crippen LogP contribution in [0.15, 0.2) is 83.9 Å². The maximum Gasteiger partial charge on any atom is 0.322 e. The van der Waals surface area contributed by atoms with Gasteiger partial charge in [-0.05, 0) is 37.0 Å². The van der Waals surface area contributed by atoms with Crippen LogP contribution in [0.1, 0.15) is 49.3 Å². The summed E-state index contributed by atoms with van der Waals surface area (Å²) in [4.78, 5) is 50.6. The number of piperidine rings is 1. The number of benzodiazepines with no additional fused rings is 1. The van der Waals surface area contributed by atoms with Crippen molar-refractivity contribution >= 4 is 35.1 Å². The van der Waals surface area contributed by atoms with Gasteiger partial charge in [0, 0.05) is 49.0 Å². The normalized spacial score (nSPS) is 18.9. The first kappa shape index (κ1) is 27.5. The SMILES string of the molecule is CCCCN1C(=O)C(NC(=O)N2CCC(N3Cc4ccccc4NC3=O)CC2)N=C(c2ccccc2)c2ccccc21. The topological polar surface area (TPSA) is 97.4 Å². The van der Waals surface area contributed by atoms with Gasteiger partial charge in [0.1, 0.15) is 0 Å². The number of fused-ring (bicyclic) bond motifs is 2. The summed E-state index contributed by atoms with van der Waals surface area (Å²) < 4.78 is 0. The van der Waals surface area contributed by atoms with Gasteiger partial charge in [0.2, 0.25) is 6.17 Å². The van der Waals surface area contributed by atoms with Gasteiger partial charge in [-0.3, -0.25) is 4.79 Å². The molecule has 216 valence electrons. The van der Waals surface area contributed by atoms with Crippen molar-refractivity contribution in [2.45, 2.75) is 51.4 Å². The van der Waals surface area contributed by atoms with E-state index in [1.54, 1.807) is 9.80 Å². The summed E-state index contributed by atoms with van der Waals surface area (Å²) in [6.07, 6.45) is 2.04. The average Bonchev–Trinajstić information content (AvgIpc) is 3.14. The van der Waals surface area contributed by atoms with Gasteiger partial charge >= 0.3 is 12.1 Å². The van der Waals surface area contributed by atoms with Gasteiger partial charge in [-0.15, -0.1) is 0 Å². The van der Waals surface area contributed by atoms with E-state index >= 15 is 0 Å². The van der Waals surface area contributed by atoms with Crippen molar-refractivity contribution in [1.82, 2.24) is 15.1 Å². The summed E-state index contributed by atoms with van der Waals surface area (Å²) in [5, 5.41) is 5.94. The number of carbonyl (C=O) groups excluding carboxylic acids is 3. The Balaban J connectivity index is 1.19. The van der Waals surface area contributed by atoms with Gasteiger partial charge in [-0.25, -0.2) is 14.6 Å². The fourth-order valence-electron chi connectivity index (χ4n) is 6.00. The lowest BCUT2D eigenvalue weighted by Crippen LogP contribution is -2.55. The monoisotopic (exact) mass is 564 g/mol. The molecule has 3 aromatic rings. The molecule has 9 nitrogen and oxygen atoms in total. The van der Waals surface area contributed by atoms with Crippen LogP contribution in [0.25, 0.3) is 0 Å². The predicted octanol–water partition coefficient (Wildman–Crippen LogP) is 5.22. The molecule has 3 aliphatic rings. The van der Waals surface area contributed by atoms with Crippen molar-refractivity contribution in [2.24, 2.45) is 4.99 Å². The van der Waals surface area contributed by atoms with Crippen LogP contribution in [0.2, 0.25) is 0 Å². The quantitative estimate of drug-likeness (QED) is 0.430. The minimum atomic E-state index is -1.06. The molecule has 1 fully saturated rings. The molecule has 3 aliphatic heterocycles. The minimum absolute atomic E-state index is 0.0312. The van der Waals surface area contributed by atoms with Crippen molar-refractivity contribution in [3.63, 3.8) is 0 Å². The van der Waals surface area contributed by atoms with Crippen LogP contribution in [0.5, 0.6) is 0 Å². The number of hydrogen-bond donors (Lipinski definition) is 2. The van der Waals surface area contributed by atoms with E-state index < -0.39 is 6.17 Å². The van der Waals surface area contributed by atoms with Crippen molar-refractivity contribution in [3.05, 3.63) is 95.6 Å². The third-order valence-electron chi connectivity index (χ3n) is 8.30. The highest BCUT2D eigenvalue weighted by molar-refractivity contribution is 6.20. The van der Waals surface area contributed by atoms with Crippen molar-refractivity contribution < 1.29 is 14.4 Å². The minimum Gasteiger partial charge on any atom is -0.325 e. The summed E-state index contributed by atoms with van der Waals surface area (Å²) in [5.74, 6) is -0.242. The number of unbranched alkanes of at least 4 members (excludes halogenated alkanes) is 1. The third kappa shape index (κ3) is 5.46. The maximum atomic E-state index is 13.9. The summed E-state index contributed by atoms with van der Waals surface area (Å²) in [6, 6.07) is 25.0. The molecule has 5 amide bonds.